The van der Waals surface area contributed by atoms with Crippen LogP contribution in [0.4, 0.5) is 5.69 Å². The quantitative estimate of drug-likeness (QED) is 0.834. The summed E-state index contributed by atoms with van der Waals surface area (Å²) in [5, 5.41) is 10.5. The first-order valence-corrected chi connectivity index (χ1v) is 9.25. The van der Waals surface area contributed by atoms with Crippen molar-refractivity contribution in [2.75, 3.05) is 19.0 Å². The summed E-state index contributed by atoms with van der Waals surface area (Å²) in [5.41, 5.74) is 2.80. The normalized spacial score (nSPS) is 16.8. The van der Waals surface area contributed by atoms with Crippen molar-refractivity contribution in [1.29, 1.82) is 0 Å². The Hall–Kier alpha value is -3.15. The number of pyridine rings is 1. The molecule has 2 heterocycles. The molecular weight excluding hydrogens is 354 g/mol. The highest BCUT2D eigenvalue weighted by molar-refractivity contribution is 6.09. The molecule has 28 heavy (non-hydrogen) atoms. The molecule has 1 aromatic heterocycles. The van der Waals surface area contributed by atoms with Crippen LogP contribution in [-0.2, 0) is 16.1 Å². The van der Waals surface area contributed by atoms with Gasteiger partial charge in [-0.15, -0.1) is 0 Å². The van der Waals surface area contributed by atoms with Gasteiger partial charge >= 0.3 is 0 Å². The average Bonchev–Trinajstić information content (AvgIpc) is 2.93. The van der Waals surface area contributed by atoms with Crippen LogP contribution in [0.2, 0.25) is 0 Å². The highest BCUT2D eigenvalue weighted by atomic mass is 16.3. The van der Waals surface area contributed by atoms with E-state index in [1.54, 1.807) is 32.3 Å². The Morgan fingerprint density at radius 3 is 2.43 bits per heavy atom. The third-order valence-electron chi connectivity index (χ3n) is 4.89. The van der Waals surface area contributed by atoms with Crippen molar-refractivity contribution in [3.05, 3.63) is 71.3 Å². The Morgan fingerprint density at radius 2 is 1.89 bits per heavy atom. The van der Waals surface area contributed by atoms with Crippen LogP contribution in [0.15, 0.2) is 60.1 Å². The lowest BCUT2D eigenvalue weighted by Gasteiger charge is -2.27. The van der Waals surface area contributed by atoms with E-state index >= 15 is 0 Å². The van der Waals surface area contributed by atoms with Crippen molar-refractivity contribution in [1.82, 2.24) is 9.88 Å². The number of hydrogen-bond acceptors (Lipinski definition) is 5. The van der Waals surface area contributed by atoms with E-state index < -0.39 is 17.7 Å². The molecule has 0 saturated carbocycles. The summed E-state index contributed by atoms with van der Waals surface area (Å²) in [4.78, 5) is 33.3. The molecule has 146 valence electrons. The van der Waals surface area contributed by atoms with E-state index in [4.69, 9.17) is 0 Å². The van der Waals surface area contributed by atoms with E-state index in [1.165, 1.54) is 4.90 Å². The minimum absolute atomic E-state index is 0.168. The number of rotatable bonds is 6. The molecule has 0 radical (unpaired) electrons. The van der Waals surface area contributed by atoms with Gasteiger partial charge < -0.3 is 14.9 Å². The first-order chi connectivity index (χ1) is 13.3. The van der Waals surface area contributed by atoms with Gasteiger partial charge in [-0.05, 0) is 29.3 Å². The Morgan fingerprint density at radius 1 is 1.21 bits per heavy atom. The molecule has 1 amide bonds. The largest absolute Gasteiger partial charge is 0.503 e. The summed E-state index contributed by atoms with van der Waals surface area (Å²) in [6.07, 6.45) is 3.34. The molecule has 1 unspecified atom stereocenters. The molecule has 1 atom stereocenters. The molecule has 0 fully saturated rings. The van der Waals surface area contributed by atoms with Crippen molar-refractivity contribution in [3.8, 4) is 0 Å². The summed E-state index contributed by atoms with van der Waals surface area (Å²) >= 11 is 0. The topological polar surface area (TPSA) is 73.7 Å². The SMILES string of the molecule is CC(C)C(=O)C1=C(O)C(=O)N(Cc2cccnc2)C1c1ccc(N(C)C)cc1. The molecule has 0 spiro atoms. The van der Waals surface area contributed by atoms with Crippen LogP contribution >= 0.6 is 0 Å². The zero-order valence-electron chi connectivity index (χ0n) is 16.6. The van der Waals surface area contributed by atoms with Crippen molar-refractivity contribution >= 4 is 17.4 Å². The summed E-state index contributed by atoms with van der Waals surface area (Å²) in [7, 11) is 3.89. The fourth-order valence-electron chi connectivity index (χ4n) is 3.37. The van der Waals surface area contributed by atoms with Crippen molar-refractivity contribution in [2.24, 2.45) is 5.92 Å². The highest BCUT2D eigenvalue weighted by Gasteiger charge is 2.43. The molecule has 0 saturated heterocycles. The number of aliphatic hydroxyl groups excluding tert-OH is 1. The molecule has 2 aromatic rings. The van der Waals surface area contributed by atoms with E-state index in [0.717, 1.165) is 16.8 Å². The average molecular weight is 379 g/mol. The molecule has 1 aliphatic heterocycles. The highest BCUT2D eigenvalue weighted by Crippen LogP contribution is 2.40. The van der Waals surface area contributed by atoms with Gasteiger partial charge in [-0.1, -0.05) is 32.0 Å². The summed E-state index contributed by atoms with van der Waals surface area (Å²) < 4.78 is 0. The maximum Gasteiger partial charge on any atom is 0.290 e. The number of anilines is 1. The molecule has 6 heteroatoms. The summed E-state index contributed by atoms with van der Waals surface area (Å²) in [6, 6.07) is 10.7. The minimum Gasteiger partial charge on any atom is -0.503 e. The number of hydrogen-bond donors (Lipinski definition) is 1. The molecular formula is C22H25N3O3. The Labute approximate surface area is 165 Å². The van der Waals surface area contributed by atoms with Crippen LogP contribution in [0.1, 0.15) is 31.0 Å². The van der Waals surface area contributed by atoms with Gasteiger partial charge in [-0.3, -0.25) is 14.6 Å². The fourth-order valence-corrected chi connectivity index (χ4v) is 3.37. The molecule has 1 aromatic carbocycles. The first-order valence-electron chi connectivity index (χ1n) is 9.25. The van der Waals surface area contributed by atoms with E-state index in [2.05, 4.69) is 4.98 Å². The number of carbonyl (C=O) groups is 2. The lowest BCUT2D eigenvalue weighted by atomic mass is 9.91. The van der Waals surface area contributed by atoms with Crippen LogP contribution < -0.4 is 4.90 Å². The van der Waals surface area contributed by atoms with Gasteiger partial charge in [0, 0.05) is 44.6 Å². The van der Waals surface area contributed by atoms with Gasteiger partial charge in [-0.2, -0.15) is 0 Å². The summed E-state index contributed by atoms with van der Waals surface area (Å²) in [6.45, 7) is 3.79. The van der Waals surface area contributed by atoms with Gasteiger partial charge in [0.05, 0.1) is 11.6 Å². The van der Waals surface area contributed by atoms with Gasteiger partial charge in [0.15, 0.2) is 11.5 Å². The van der Waals surface area contributed by atoms with Gasteiger partial charge in [0.2, 0.25) is 0 Å². The Balaban J connectivity index is 2.06. The number of Topliss-reactive ketones (excluding diaryl/α,β-unsaturated/α-hetero) is 1. The lowest BCUT2D eigenvalue weighted by Crippen LogP contribution is -2.31. The lowest BCUT2D eigenvalue weighted by molar-refractivity contribution is -0.130. The maximum absolute atomic E-state index is 12.8. The van der Waals surface area contributed by atoms with Crippen LogP contribution in [0.25, 0.3) is 0 Å². The van der Waals surface area contributed by atoms with Crippen LogP contribution in [0, 0.1) is 5.92 Å². The van der Waals surface area contributed by atoms with Gasteiger partial charge in [0.25, 0.3) is 5.91 Å². The van der Waals surface area contributed by atoms with Gasteiger partial charge in [0.1, 0.15) is 0 Å². The van der Waals surface area contributed by atoms with Crippen LogP contribution in [0.3, 0.4) is 0 Å². The van der Waals surface area contributed by atoms with Crippen molar-refractivity contribution in [2.45, 2.75) is 26.4 Å². The predicted molar refractivity (Wildman–Crippen MR) is 108 cm³/mol. The second-order valence-corrected chi connectivity index (χ2v) is 7.46. The maximum atomic E-state index is 12.8. The number of ketones is 1. The Kier molecular flexibility index (Phi) is 5.49. The third kappa shape index (κ3) is 3.63. The number of aliphatic hydroxyl groups is 1. The van der Waals surface area contributed by atoms with E-state index in [9.17, 15) is 14.7 Å². The number of benzene rings is 1. The van der Waals surface area contributed by atoms with E-state index in [0.29, 0.717) is 0 Å². The summed E-state index contributed by atoms with van der Waals surface area (Å²) in [5.74, 6) is -1.54. The molecule has 0 aliphatic carbocycles. The zero-order valence-corrected chi connectivity index (χ0v) is 16.6. The molecule has 1 N–H and O–H groups in total. The van der Waals surface area contributed by atoms with Crippen LogP contribution in [-0.4, -0.2) is 40.8 Å². The number of carbonyl (C=O) groups excluding carboxylic acids is 2. The molecule has 6 nitrogen and oxygen atoms in total. The number of nitrogens with zero attached hydrogens (tertiary/aromatic N) is 3. The minimum atomic E-state index is -0.626. The third-order valence-corrected chi connectivity index (χ3v) is 4.89. The second-order valence-electron chi connectivity index (χ2n) is 7.46. The molecule has 1 aliphatic rings. The fraction of sp³-hybridized carbons (Fsp3) is 0.318. The first kappa shape index (κ1) is 19.6. The van der Waals surface area contributed by atoms with Crippen LogP contribution in [0.5, 0.6) is 0 Å². The zero-order chi connectivity index (χ0) is 20.4. The smallest absolute Gasteiger partial charge is 0.290 e. The predicted octanol–water partition coefficient (Wildman–Crippen LogP) is 3.27. The molecule has 0 bridgehead atoms. The van der Waals surface area contributed by atoms with E-state index in [1.807, 2.05) is 49.3 Å². The number of amides is 1. The number of aromatic nitrogens is 1. The van der Waals surface area contributed by atoms with Crippen molar-refractivity contribution < 1.29 is 14.7 Å². The standard InChI is InChI=1S/C22H25N3O3/c1-14(2)20(26)18-19(16-7-9-17(10-8-16)24(3)4)25(22(28)21(18)27)13-15-6-5-11-23-12-15/h5-12,14,19,27H,13H2,1-4H3. The Bertz CT molecular complexity index is 902. The second kappa shape index (κ2) is 7.84. The van der Waals surface area contributed by atoms with E-state index in [-0.39, 0.29) is 23.8 Å². The van der Waals surface area contributed by atoms with Gasteiger partial charge in [-0.25, -0.2) is 0 Å². The monoisotopic (exact) mass is 379 g/mol. The van der Waals surface area contributed by atoms with Crippen molar-refractivity contribution in [3.63, 3.8) is 0 Å². The molecule has 3 rings (SSSR count).